The van der Waals surface area contributed by atoms with Crippen LogP contribution in [0.25, 0.3) is 0 Å². The summed E-state index contributed by atoms with van der Waals surface area (Å²) in [5.74, 6) is 0. The molecule has 0 radical (unpaired) electrons. The summed E-state index contributed by atoms with van der Waals surface area (Å²) >= 11 is 10.6. The van der Waals surface area contributed by atoms with Crippen molar-refractivity contribution in [2.24, 2.45) is 0 Å². The molecule has 0 fully saturated rings. The average molecular weight is 304 g/mol. The van der Waals surface area contributed by atoms with Gasteiger partial charge < -0.3 is 0 Å². The van der Waals surface area contributed by atoms with Gasteiger partial charge in [0.1, 0.15) is 5.21 Å². The Bertz CT molecular complexity index is 565. The summed E-state index contributed by atoms with van der Waals surface area (Å²) in [6.45, 7) is 0. The molecule has 0 aliphatic carbocycles. The molecule has 0 aliphatic heterocycles. The van der Waals surface area contributed by atoms with E-state index >= 15 is 0 Å². The molecule has 0 bridgehead atoms. The fraction of sp³-hybridized carbons (Fsp3) is 0.143. The van der Waals surface area contributed by atoms with Gasteiger partial charge in [-0.05, 0) is 24.3 Å². The Balaban J connectivity index is 3.09. The molecule has 0 saturated heterocycles. The second-order valence-corrected chi connectivity index (χ2v) is 7.45. The van der Waals surface area contributed by atoms with Crippen LogP contribution in [0.15, 0.2) is 29.2 Å². The molecule has 0 aromatic heterocycles. The van der Waals surface area contributed by atoms with Crippen molar-refractivity contribution in [1.82, 2.24) is 4.13 Å². The van der Waals surface area contributed by atoms with Crippen molar-refractivity contribution in [2.45, 2.75) is 4.90 Å². The third-order valence-electron chi connectivity index (χ3n) is 1.50. The number of halogens is 2. The summed E-state index contributed by atoms with van der Waals surface area (Å²) in [5, 5.41) is -0.487. The Morgan fingerprint density at radius 3 is 2.00 bits per heavy atom. The van der Waals surface area contributed by atoms with Crippen LogP contribution in [0.3, 0.4) is 0 Å². The Morgan fingerprint density at radius 2 is 1.56 bits per heavy atom. The second kappa shape index (κ2) is 4.89. The third-order valence-corrected chi connectivity index (χ3v) is 5.69. The van der Waals surface area contributed by atoms with E-state index in [1.807, 2.05) is 0 Å². The Labute approximate surface area is 103 Å². The molecule has 0 aliphatic rings. The lowest BCUT2D eigenvalue weighted by Gasteiger charge is -2.05. The lowest BCUT2D eigenvalue weighted by atomic mass is 10.4. The molecule has 0 saturated carbocycles. The predicted octanol–water partition coefficient (Wildman–Crippen LogP) is 1.14. The zero-order valence-corrected chi connectivity index (χ0v) is 10.9. The Hall–Kier alpha value is -0.340. The van der Waals surface area contributed by atoms with E-state index in [9.17, 15) is 16.8 Å². The van der Waals surface area contributed by atoms with Gasteiger partial charge in [0.05, 0.1) is 4.90 Å². The van der Waals surface area contributed by atoms with Crippen molar-refractivity contribution >= 4 is 43.2 Å². The van der Waals surface area contributed by atoms with E-state index in [1.165, 1.54) is 28.4 Å². The molecule has 0 heterocycles. The van der Waals surface area contributed by atoms with Crippen LogP contribution < -0.4 is 4.13 Å². The molecular formula is C7H7Cl2NO4S2. The molecule has 0 unspecified atom stereocenters. The monoisotopic (exact) mass is 303 g/mol. The number of sulfonamides is 2. The summed E-state index contributed by atoms with van der Waals surface area (Å²) in [5.41, 5.74) is 0. The van der Waals surface area contributed by atoms with Crippen LogP contribution in [0, 0.1) is 0 Å². The van der Waals surface area contributed by atoms with Crippen molar-refractivity contribution in [2.75, 3.05) is 5.21 Å². The fourth-order valence-corrected chi connectivity index (χ4v) is 3.77. The molecular weight excluding hydrogens is 297 g/mol. The third kappa shape index (κ3) is 3.60. The highest BCUT2D eigenvalue weighted by molar-refractivity contribution is 8.05. The highest BCUT2D eigenvalue weighted by Crippen LogP contribution is 2.14. The van der Waals surface area contributed by atoms with Gasteiger partial charge >= 0.3 is 0 Å². The van der Waals surface area contributed by atoms with Gasteiger partial charge in [-0.2, -0.15) is 0 Å². The number of hydrogen-bond donors (Lipinski definition) is 1. The molecule has 5 nitrogen and oxygen atoms in total. The van der Waals surface area contributed by atoms with Crippen LogP contribution in [0.2, 0.25) is 5.02 Å². The van der Waals surface area contributed by atoms with Gasteiger partial charge in [0.15, 0.2) is 0 Å². The van der Waals surface area contributed by atoms with Crippen molar-refractivity contribution < 1.29 is 16.8 Å². The number of alkyl halides is 1. The highest BCUT2D eigenvalue weighted by Gasteiger charge is 2.21. The first-order chi connectivity index (χ1) is 7.27. The fourth-order valence-electron chi connectivity index (χ4n) is 0.851. The molecule has 1 rings (SSSR count). The van der Waals surface area contributed by atoms with Gasteiger partial charge in [-0.1, -0.05) is 11.6 Å². The van der Waals surface area contributed by atoms with E-state index in [2.05, 4.69) is 0 Å². The molecule has 16 heavy (non-hydrogen) atoms. The minimum Gasteiger partial charge on any atom is -0.210 e. The average Bonchev–Trinajstić information content (AvgIpc) is 2.17. The summed E-state index contributed by atoms with van der Waals surface area (Å²) in [6.07, 6.45) is 0. The quantitative estimate of drug-likeness (QED) is 0.846. The normalized spacial score (nSPS) is 12.6. The minimum absolute atomic E-state index is 0.203. The van der Waals surface area contributed by atoms with Crippen LogP contribution in [0.5, 0.6) is 0 Å². The maximum absolute atomic E-state index is 11.5. The highest BCUT2D eigenvalue weighted by atomic mass is 35.5. The van der Waals surface area contributed by atoms with Crippen LogP contribution in [0.1, 0.15) is 0 Å². The van der Waals surface area contributed by atoms with E-state index in [-0.39, 0.29) is 4.90 Å². The van der Waals surface area contributed by atoms with Crippen LogP contribution in [-0.2, 0) is 20.0 Å². The largest absolute Gasteiger partial charge is 0.253 e. The molecule has 1 aromatic carbocycles. The van der Waals surface area contributed by atoms with Gasteiger partial charge in [-0.15, -0.1) is 15.7 Å². The van der Waals surface area contributed by atoms with Crippen LogP contribution in [0.4, 0.5) is 0 Å². The number of nitrogens with one attached hydrogen (secondary N) is 1. The van der Waals surface area contributed by atoms with Gasteiger partial charge in [0.2, 0.25) is 10.0 Å². The first-order valence-corrected chi connectivity index (χ1v) is 7.89. The Kier molecular flexibility index (Phi) is 4.19. The minimum atomic E-state index is -4.13. The molecule has 1 aromatic rings. The lowest BCUT2D eigenvalue weighted by Crippen LogP contribution is -2.31. The zero-order chi connectivity index (χ0) is 12.4. The van der Waals surface area contributed by atoms with E-state index < -0.39 is 25.3 Å². The lowest BCUT2D eigenvalue weighted by molar-refractivity contribution is 0.579. The molecule has 0 spiro atoms. The van der Waals surface area contributed by atoms with Crippen molar-refractivity contribution in [3.8, 4) is 0 Å². The predicted molar refractivity (Wildman–Crippen MR) is 61.4 cm³/mol. The standard InChI is InChI=1S/C7H7Cl2NO4S2/c8-5-15(11,12)10-16(13,14)7-3-1-6(9)2-4-7/h1-4,10H,5H2. The number of benzene rings is 1. The second-order valence-electron chi connectivity index (χ2n) is 2.76. The summed E-state index contributed by atoms with van der Waals surface area (Å²) < 4.78 is 46.6. The molecule has 1 N–H and O–H groups in total. The maximum atomic E-state index is 11.5. The maximum Gasteiger partial charge on any atom is 0.253 e. The molecule has 0 atom stereocenters. The SMILES string of the molecule is O=S(=O)(CCl)NS(=O)(=O)c1ccc(Cl)cc1. The first kappa shape index (κ1) is 13.7. The zero-order valence-electron chi connectivity index (χ0n) is 7.72. The van der Waals surface area contributed by atoms with E-state index in [0.717, 1.165) is 0 Å². The van der Waals surface area contributed by atoms with Crippen molar-refractivity contribution in [1.29, 1.82) is 0 Å². The Morgan fingerprint density at radius 1 is 1.06 bits per heavy atom. The first-order valence-electron chi connectivity index (χ1n) is 3.85. The van der Waals surface area contributed by atoms with Crippen molar-refractivity contribution in [3.63, 3.8) is 0 Å². The molecule has 90 valence electrons. The van der Waals surface area contributed by atoms with E-state index in [1.54, 1.807) is 0 Å². The number of hydrogen-bond acceptors (Lipinski definition) is 4. The summed E-state index contributed by atoms with van der Waals surface area (Å²) in [4.78, 5) is -0.203. The van der Waals surface area contributed by atoms with Crippen LogP contribution >= 0.6 is 23.2 Å². The molecule has 9 heteroatoms. The summed E-state index contributed by atoms with van der Waals surface area (Å²) in [6, 6.07) is 5.05. The number of rotatable bonds is 4. The van der Waals surface area contributed by atoms with E-state index in [0.29, 0.717) is 5.02 Å². The van der Waals surface area contributed by atoms with Gasteiger partial charge in [0, 0.05) is 5.02 Å². The van der Waals surface area contributed by atoms with Gasteiger partial charge in [-0.25, -0.2) is 16.8 Å². The van der Waals surface area contributed by atoms with Crippen LogP contribution in [-0.4, -0.2) is 22.0 Å². The van der Waals surface area contributed by atoms with Gasteiger partial charge in [-0.3, -0.25) is 0 Å². The van der Waals surface area contributed by atoms with E-state index in [4.69, 9.17) is 23.2 Å². The smallest absolute Gasteiger partial charge is 0.210 e. The topological polar surface area (TPSA) is 80.3 Å². The summed E-state index contributed by atoms with van der Waals surface area (Å²) in [7, 11) is -8.17. The van der Waals surface area contributed by atoms with Crippen molar-refractivity contribution in [3.05, 3.63) is 29.3 Å². The van der Waals surface area contributed by atoms with Gasteiger partial charge in [0.25, 0.3) is 10.0 Å². The molecule has 0 amide bonds.